The lowest BCUT2D eigenvalue weighted by Crippen LogP contribution is -2.59. The quantitative estimate of drug-likeness (QED) is 0.367. The number of ether oxygens (including phenoxy) is 1. The summed E-state index contributed by atoms with van der Waals surface area (Å²) in [5, 5.41) is 2.06. The molecule has 238 valence electrons. The van der Waals surface area contributed by atoms with Crippen molar-refractivity contribution in [2.45, 2.75) is 36.1 Å². The van der Waals surface area contributed by atoms with Gasteiger partial charge < -0.3 is 9.64 Å². The molecule has 6 rings (SSSR count). The molecule has 1 N–H and O–H groups in total. The van der Waals surface area contributed by atoms with Gasteiger partial charge in [0.25, 0.3) is 21.8 Å². The number of nitrogens with one attached hydrogen (secondary N) is 1. The second-order valence-corrected chi connectivity index (χ2v) is 13.8. The van der Waals surface area contributed by atoms with Crippen LogP contribution in [0.15, 0.2) is 71.8 Å². The standard InChI is InChI=1S/C32H37ClN6O5S/c1-3-44-29-26(10-7-15-34-29)32(30(40)35-38-16-13-24(14-17-38)37-20-18-36(2)19-21-37)27-22-23(33)11-12-28(27)39(31(32)41)45(42,43)25-8-5-4-6-9-25/h4-12,15,22,24H,3,13-14,16-21H2,1-2H3,(H,35,40). The van der Waals surface area contributed by atoms with E-state index < -0.39 is 27.3 Å². The Labute approximate surface area is 268 Å². The number of amides is 2. The van der Waals surface area contributed by atoms with Crippen molar-refractivity contribution in [1.82, 2.24) is 25.2 Å². The largest absolute Gasteiger partial charge is 0.478 e. The summed E-state index contributed by atoms with van der Waals surface area (Å²) >= 11 is 6.49. The van der Waals surface area contributed by atoms with Crippen molar-refractivity contribution in [1.29, 1.82) is 0 Å². The Hall–Kier alpha value is -3.55. The van der Waals surface area contributed by atoms with Gasteiger partial charge in [0.2, 0.25) is 5.88 Å². The first-order valence-corrected chi connectivity index (χ1v) is 17.0. The normalized spacial score (nSPS) is 21.9. The van der Waals surface area contributed by atoms with Crippen molar-refractivity contribution in [3.8, 4) is 5.88 Å². The molecule has 2 fully saturated rings. The Bertz CT molecular complexity index is 1680. The third-order valence-corrected chi connectivity index (χ3v) is 10.9. The molecule has 1 aromatic heterocycles. The highest BCUT2D eigenvalue weighted by atomic mass is 35.5. The van der Waals surface area contributed by atoms with E-state index in [4.69, 9.17) is 16.3 Å². The van der Waals surface area contributed by atoms with Gasteiger partial charge in [-0.1, -0.05) is 35.9 Å². The minimum Gasteiger partial charge on any atom is -0.478 e. The van der Waals surface area contributed by atoms with Crippen LogP contribution in [-0.2, 0) is 25.0 Å². The number of carbonyl (C=O) groups excluding carboxylic acids is 2. The van der Waals surface area contributed by atoms with Gasteiger partial charge in [-0.2, -0.15) is 0 Å². The van der Waals surface area contributed by atoms with Gasteiger partial charge in [-0.15, -0.1) is 0 Å². The lowest BCUT2D eigenvalue weighted by atomic mass is 9.74. The van der Waals surface area contributed by atoms with Gasteiger partial charge in [0.05, 0.1) is 17.2 Å². The molecule has 0 spiro atoms. The van der Waals surface area contributed by atoms with Crippen molar-refractivity contribution >= 4 is 39.1 Å². The van der Waals surface area contributed by atoms with Crippen LogP contribution in [0.25, 0.3) is 0 Å². The summed E-state index contributed by atoms with van der Waals surface area (Å²) < 4.78 is 34.8. The second kappa shape index (κ2) is 12.7. The molecule has 2 aromatic carbocycles. The fraction of sp³-hybridized carbons (Fsp3) is 0.406. The first-order chi connectivity index (χ1) is 21.7. The highest BCUT2D eigenvalue weighted by Gasteiger charge is 2.62. The average molecular weight is 653 g/mol. The van der Waals surface area contributed by atoms with Crippen molar-refractivity contribution in [3.63, 3.8) is 0 Å². The molecule has 0 aliphatic carbocycles. The third-order valence-electron chi connectivity index (χ3n) is 8.94. The van der Waals surface area contributed by atoms with E-state index >= 15 is 0 Å². The molecule has 2 amide bonds. The van der Waals surface area contributed by atoms with Crippen molar-refractivity contribution in [2.75, 3.05) is 57.2 Å². The van der Waals surface area contributed by atoms with E-state index in [1.165, 1.54) is 36.5 Å². The van der Waals surface area contributed by atoms with E-state index in [2.05, 4.69) is 27.3 Å². The SMILES string of the molecule is CCOc1ncccc1C1(C(=O)NN2CCC(N3CCN(C)CC3)CC2)C(=O)N(S(=O)(=O)c2ccccc2)c2ccc(Cl)cc21. The summed E-state index contributed by atoms with van der Waals surface area (Å²) in [5.41, 5.74) is 1.16. The molecule has 0 saturated carbocycles. The number of aromatic nitrogens is 1. The number of hydrogen-bond acceptors (Lipinski definition) is 9. The molecule has 11 nitrogen and oxygen atoms in total. The third kappa shape index (κ3) is 5.59. The molecule has 1 unspecified atom stereocenters. The highest BCUT2D eigenvalue weighted by Crippen LogP contribution is 2.51. The van der Waals surface area contributed by atoms with Crippen LogP contribution in [0.5, 0.6) is 5.88 Å². The minimum absolute atomic E-state index is 0.0449. The molecule has 13 heteroatoms. The zero-order chi connectivity index (χ0) is 31.8. The van der Waals surface area contributed by atoms with Crippen molar-refractivity contribution < 1.29 is 22.7 Å². The number of rotatable bonds is 8. The van der Waals surface area contributed by atoms with E-state index in [0.29, 0.717) is 19.1 Å². The number of piperazine rings is 1. The molecular weight excluding hydrogens is 616 g/mol. The summed E-state index contributed by atoms with van der Waals surface area (Å²) in [4.78, 5) is 38.7. The van der Waals surface area contributed by atoms with Crippen molar-refractivity contribution in [3.05, 3.63) is 83.0 Å². The van der Waals surface area contributed by atoms with Gasteiger partial charge >= 0.3 is 0 Å². The van der Waals surface area contributed by atoms with Gasteiger partial charge in [0, 0.05) is 67.7 Å². The van der Waals surface area contributed by atoms with Crippen LogP contribution in [0.1, 0.15) is 30.9 Å². The maximum absolute atomic E-state index is 14.9. The molecule has 0 bridgehead atoms. The van der Waals surface area contributed by atoms with Gasteiger partial charge in [0.15, 0.2) is 5.41 Å². The van der Waals surface area contributed by atoms with Crippen molar-refractivity contribution in [2.24, 2.45) is 0 Å². The topological polar surface area (TPSA) is 115 Å². The summed E-state index contributed by atoms with van der Waals surface area (Å²) in [7, 11) is -2.30. The average Bonchev–Trinajstić information content (AvgIpc) is 3.31. The zero-order valence-electron chi connectivity index (χ0n) is 25.4. The molecule has 3 aromatic rings. The van der Waals surface area contributed by atoms with Crippen LogP contribution in [0.4, 0.5) is 5.69 Å². The maximum Gasteiger partial charge on any atom is 0.270 e. The molecular formula is C32H37ClN6O5S. The number of pyridine rings is 1. The Balaban J connectivity index is 1.41. The number of benzene rings is 2. The number of anilines is 1. The van der Waals surface area contributed by atoms with Crippen LogP contribution >= 0.6 is 11.6 Å². The number of sulfonamides is 1. The number of hydrogen-bond donors (Lipinski definition) is 1. The van der Waals surface area contributed by atoms with E-state index in [0.717, 1.165) is 43.3 Å². The van der Waals surface area contributed by atoms with Crippen LogP contribution in [0.3, 0.4) is 0 Å². The van der Waals surface area contributed by atoms with Crippen LogP contribution in [0, 0.1) is 0 Å². The summed E-state index contributed by atoms with van der Waals surface area (Å²) in [6.07, 6.45) is 3.19. The van der Waals surface area contributed by atoms with Crippen LogP contribution < -0.4 is 14.5 Å². The zero-order valence-corrected chi connectivity index (χ0v) is 26.9. The highest BCUT2D eigenvalue weighted by molar-refractivity contribution is 7.93. The Kier molecular flexibility index (Phi) is 8.86. The molecule has 0 radical (unpaired) electrons. The van der Waals surface area contributed by atoms with E-state index in [1.807, 2.05) is 5.01 Å². The smallest absolute Gasteiger partial charge is 0.270 e. The van der Waals surface area contributed by atoms with Gasteiger partial charge in [0.1, 0.15) is 0 Å². The molecule has 3 aliphatic heterocycles. The van der Waals surface area contributed by atoms with Gasteiger partial charge in [-0.3, -0.25) is 19.9 Å². The number of nitrogens with zero attached hydrogens (tertiary/aromatic N) is 5. The summed E-state index contributed by atoms with van der Waals surface area (Å²) in [6, 6.07) is 15.7. The monoisotopic (exact) mass is 652 g/mol. The second-order valence-electron chi connectivity index (χ2n) is 11.6. The van der Waals surface area contributed by atoms with Gasteiger partial charge in [-0.25, -0.2) is 22.7 Å². The van der Waals surface area contributed by atoms with E-state index in [1.54, 1.807) is 37.3 Å². The summed E-state index contributed by atoms with van der Waals surface area (Å²) in [5.74, 6) is -1.60. The number of piperidine rings is 1. The molecule has 4 heterocycles. The van der Waals surface area contributed by atoms with Crippen LogP contribution in [0.2, 0.25) is 5.02 Å². The van der Waals surface area contributed by atoms with E-state index in [-0.39, 0.29) is 39.2 Å². The fourth-order valence-electron chi connectivity index (χ4n) is 6.59. The Morgan fingerprint density at radius 2 is 1.71 bits per heavy atom. The molecule has 3 aliphatic rings. The lowest BCUT2D eigenvalue weighted by Gasteiger charge is -2.42. The maximum atomic E-state index is 14.9. The number of hydrazine groups is 1. The number of carbonyl (C=O) groups is 2. The number of halogens is 1. The van der Waals surface area contributed by atoms with Crippen LogP contribution in [-0.4, -0.2) is 99.0 Å². The first-order valence-electron chi connectivity index (χ1n) is 15.2. The lowest BCUT2D eigenvalue weighted by molar-refractivity contribution is -0.137. The molecule has 45 heavy (non-hydrogen) atoms. The van der Waals surface area contributed by atoms with Gasteiger partial charge in [-0.05, 0) is 63.2 Å². The number of likely N-dealkylation sites (N-methyl/N-ethyl adjacent to an activating group) is 1. The minimum atomic E-state index is -4.43. The fourth-order valence-corrected chi connectivity index (χ4v) is 8.24. The first kappa shape index (κ1) is 31.4. The Morgan fingerprint density at radius 3 is 2.40 bits per heavy atom. The van der Waals surface area contributed by atoms with E-state index in [9.17, 15) is 18.0 Å². The molecule has 1 atom stereocenters. The molecule has 2 saturated heterocycles. The number of fused-ring (bicyclic) bond motifs is 1. The summed E-state index contributed by atoms with van der Waals surface area (Å²) in [6.45, 7) is 7.20. The predicted molar refractivity (Wildman–Crippen MR) is 171 cm³/mol. The Morgan fingerprint density at radius 1 is 1.00 bits per heavy atom. The predicted octanol–water partition coefficient (Wildman–Crippen LogP) is 2.90.